The van der Waals surface area contributed by atoms with Crippen LogP contribution in [0.5, 0.6) is 0 Å². The Morgan fingerprint density at radius 1 is 1.17 bits per heavy atom. The van der Waals surface area contributed by atoms with Crippen molar-refractivity contribution in [3.63, 3.8) is 0 Å². The summed E-state index contributed by atoms with van der Waals surface area (Å²) in [6.07, 6.45) is 9.71. The number of hydrogen-bond donors (Lipinski definition) is 0. The van der Waals surface area contributed by atoms with Crippen LogP contribution in [0.15, 0.2) is 18.2 Å². The molecule has 0 saturated heterocycles. The van der Waals surface area contributed by atoms with Gasteiger partial charge in [0.1, 0.15) is 0 Å². The SMILES string of the molecule is CCCC(C)c1ccc(C2CCCCC2)cc1C. The van der Waals surface area contributed by atoms with Crippen molar-refractivity contribution in [2.24, 2.45) is 0 Å². The normalized spacial score (nSPS) is 18.8. The van der Waals surface area contributed by atoms with E-state index < -0.39 is 0 Å². The van der Waals surface area contributed by atoms with Gasteiger partial charge in [-0.05, 0) is 54.7 Å². The molecule has 1 unspecified atom stereocenters. The molecule has 0 heterocycles. The van der Waals surface area contributed by atoms with E-state index in [-0.39, 0.29) is 0 Å². The summed E-state index contributed by atoms with van der Waals surface area (Å²) in [4.78, 5) is 0. The monoisotopic (exact) mass is 244 g/mol. The topological polar surface area (TPSA) is 0 Å². The molecule has 0 nitrogen and oxygen atoms in total. The lowest BCUT2D eigenvalue weighted by molar-refractivity contribution is 0.443. The predicted molar refractivity (Wildman–Crippen MR) is 80.3 cm³/mol. The molecule has 0 aromatic heterocycles. The molecule has 1 aromatic rings. The fraction of sp³-hybridized carbons (Fsp3) is 0.667. The quantitative estimate of drug-likeness (QED) is 0.614. The number of hydrogen-bond acceptors (Lipinski definition) is 0. The zero-order valence-electron chi connectivity index (χ0n) is 12.3. The fourth-order valence-corrected chi connectivity index (χ4v) is 3.53. The van der Waals surface area contributed by atoms with Crippen LogP contribution < -0.4 is 0 Å². The van der Waals surface area contributed by atoms with Crippen molar-refractivity contribution in [1.82, 2.24) is 0 Å². The maximum atomic E-state index is 2.47. The van der Waals surface area contributed by atoms with Gasteiger partial charge < -0.3 is 0 Å². The van der Waals surface area contributed by atoms with Gasteiger partial charge in [-0.25, -0.2) is 0 Å². The molecule has 1 fully saturated rings. The van der Waals surface area contributed by atoms with E-state index >= 15 is 0 Å². The lowest BCUT2D eigenvalue weighted by atomic mass is 9.82. The third-order valence-corrected chi connectivity index (χ3v) is 4.62. The second-order valence-corrected chi connectivity index (χ2v) is 6.14. The van der Waals surface area contributed by atoms with Crippen molar-refractivity contribution in [2.45, 2.75) is 77.6 Å². The van der Waals surface area contributed by atoms with Gasteiger partial charge in [-0.2, -0.15) is 0 Å². The molecule has 0 N–H and O–H groups in total. The second-order valence-electron chi connectivity index (χ2n) is 6.14. The van der Waals surface area contributed by atoms with Crippen LogP contribution in [0, 0.1) is 6.92 Å². The van der Waals surface area contributed by atoms with E-state index in [2.05, 4.69) is 39.0 Å². The van der Waals surface area contributed by atoms with Crippen molar-refractivity contribution in [2.75, 3.05) is 0 Å². The smallest absolute Gasteiger partial charge is 0.0162 e. The Morgan fingerprint density at radius 2 is 1.89 bits per heavy atom. The van der Waals surface area contributed by atoms with Gasteiger partial charge in [-0.3, -0.25) is 0 Å². The van der Waals surface area contributed by atoms with Crippen LogP contribution in [0.25, 0.3) is 0 Å². The van der Waals surface area contributed by atoms with Crippen molar-refractivity contribution in [3.05, 3.63) is 34.9 Å². The molecule has 2 rings (SSSR count). The molecule has 1 atom stereocenters. The zero-order valence-corrected chi connectivity index (χ0v) is 12.3. The van der Waals surface area contributed by atoms with Crippen LogP contribution in [0.1, 0.15) is 87.3 Å². The molecule has 100 valence electrons. The first-order chi connectivity index (χ1) is 8.72. The summed E-state index contributed by atoms with van der Waals surface area (Å²) in [7, 11) is 0. The predicted octanol–water partition coefficient (Wildman–Crippen LogP) is 5.95. The maximum absolute atomic E-state index is 2.47. The Balaban J connectivity index is 2.13. The number of benzene rings is 1. The second kappa shape index (κ2) is 6.41. The van der Waals surface area contributed by atoms with Crippen LogP contribution in [-0.4, -0.2) is 0 Å². The van der Waals surface area contributed by atoms with E-state index in [1.807, 2.05) is 0 Å². The van der Waals surface area contributed by atoms with E-state index in [1.165, 1.54) is 50.5 Å². The molecule has 18 heavy (non-hydrogen) atoms. The summed E-state index contributed by atoms with van der Waals surface area (Å²) in [5.74, 6) is 1.56. The average Bonchev–Trinajstić information content (AvgIpc) is 2.40. The van der Waals surface area contributed by atoms with Gasteiger partial charge in [0.2, 0.25) is 0 Å². The Labute approximate surface area is 113 Å². The Bertz CT molecular complexity index is 372. The minimum Gasteiger partial charge on any atom is -0.0654 e. The molecular formula is C18H28. The molecule has 0 aliphatic heterocycles. The molecule has 0 amide bonds. The van der Waals surface area contributed by atoms with Gasteiger partial charge >= 0.3 is 0 Å². The molecule has 1 saturated carbocycles. The standard InChI is InChI=1S/C18H28/c1-4-8-14(2)18-12-11-17(13-15(18)3)16-9-6-5-7-10-16/h11-14,16H,4-10H2,1-3H3. The highest BCUT2D eigenvalue weighted by molar-refractivity contribution is 5.35. The van der Waals surface area contributed by atoms with E-state index in [1.54, 1.807) is 11.1 Å². The molecule has 1 aliphatic rings. The summed E-state index contributed by atoms with van der Waals surface area (Å²) >= 11 is 0. The highest BCUT2D eigenvalue weighted by Crippen LogP contribution is 2.34. The van der Waals surface area contributed by atoms with E-state index in [0.29, 0.717) is 0 Å². The minimum absolute atomic E-state index is 0.718. The summed E-state index contributed by atoms with van der Waals surface area (Å²) in [5.41, 5.74) is 4.68. The average molecular weight is 244 g/mol. The van der Waals surface area contributed by atoms with Crippen molar-refractivity contribution >= 4 is 0 Å². The lowest BCUT2D eigenvalue weighted by Gasteiger charge is -2.23. The molecule has 1 aromatic carbocycles. The number of aryl methyl sites for hydroxylation is 1. The molecule has 0 bridgehead atoms. The van der Waals surface area contributed by atoms with Gasteiger partial charge in [0, 0.05) is 0 Å². The van der Waals surface area contributed by atoms with Gasteiger partial charge in [0.15, 0.2) is 0 Å². The Hall–Kier alpha value is -0.780. The maximum Gasteiger partial charge on any atom is -0.0162 e. The van der Waals surface area contributed by atoms with Crippen LogP contribution in [-0.2, 0) is 0 Å². The Kier molecular flexibility index (Phi) is 4.86. The zero-order chi connectivity index (χ0) is 13.0. The minimum atomic E-state index is 0.718. The largest absolute Gasteiger partial charge is 0.0654 e. The molecule has 0 spiro atoms. The van der Waals surface area contributed by atoms with Crippen LogP contribution in [0.3, 0.4) is 0 Å². The highest BCUT2D eigenvalue weighted by atomic mass is 14.2. The van der Waals surface area contributed by atoms with Gasteiger partial charge in [0.25, 0.3) is 0 Å². The van der Waals surface area contributed by atoms with E-state index in [0.717, 1.165) is 11.8 Å². The van der Waals surface area contributed by atoms with Crippen LogP contribution in [0.2, 0.25) is 0 Å². The molecule has 0 heteroatoms. The first-order valence-electron chi connectivity index (χ1n) is 7.82. The summed E-state index contributed by atoms with van der Waals surface area (Å²) < 4.78 is 0. The van der Waals surface area contributed by atoms with Gasteiger partial charge in [-0.1, -0.05) is 57.7 Å². The third kappa shape index (κ3) is 3.16. The molecule has 1 aliphatic carbocycles. The van der Waals surface area contributed by atoms with Crippen molar-refractivity contribution < 1.29 is 0 Å². The van der Waals surface area contributed by atoms with Crippen LogP contribution in [0.4, 0.5) is 0 Å². The van der Waals surface area contributed by atoms with Crippen LogP contribution >= 0.6 is 0 Å². The summed E-state index contributed by atoms with van der Waals surface area (Å²) in [6, 6.07) is 7.28. The highest BCUT2D eigenvalue weighted by Gasteiger charge is 2.16. The van der Waals surface area contributed by atoms with Crippen molar-refractivity contribution in [1.29, 1.82) is 0 Å². The summed E-state index contributed by atoms with van der Waals surface area (Å²) in [6.45, 7) is 6.95. The first kappa shape index (κ1) is 13.6. The van der Waals surface area contributed by atoms with E-state index in [9.17, 15) is 0 Å². The number of rotatable bonds is 4. The fourth-order valence-electron chi connectivity index (χ4n) is 3.53. The lowest BCUT2D eigenvalue weighted by Crippen LogP contribution is -2.06. The van der Waals surface area contributed by atoms with Crippen molar-refractivity contribution in [3.8, 4) is 0 Å². The third-order valence-electron chi connectivity index (χ3n) is 4.62. The van der Waals surface area contributed by atoms with Gasteiger partial charge in [0.05, 0.1) is 0 Å². The Morgan fingerprint density at radius 3 is 2.50 bits per heavy atom. The first-order valence-corrected chi connectivity index (χ1v) is 7.82. The molecular weight excluding hydrogens is 216 g/mol. The summed E-state index contributed by atoms with van der Waals surface area (Å²) in [5, 5.41) is 0. The van der Waals surface area contributed by atoms with Gasteiger partial charge in [-0.15, -0.1) is 0 Å². The van der Waals surface area contributed by atoms with E-state index in [4.69, 9.17) is 0 Å². The molecule has 0 radical (unpaired) electrons.